The number of rotatable bonds is 4. The van der Waals surface area contributed by atoms with Gasteiger partial charge in [-0.15, -0.1) is 11.3 Å². The molecule has 0 amide bonds. The molecular weight excluding hydrogens is 240 g/mol. The van der Waals surface area contributed by atoms with Crippen LogP contribution in [0.25, 0.3) is 0 Å². The molecule has 0 spiro atoms. The lowest BCUT2D eigenvalue weighted by atomic mass is 10.3. The Hall–Kier alpha value is -2.08. The number of aromatic nitrogens is 1. The summed E-state index contributed by atoms with van der Waals surface area (Å²) in [6.07, 6.45) is 0. The number of hydrogen-bond acceptors (Lipinski definition) is 5. The molecule has 1 aromatic heterocycles. The summed E-state index contributed by atoms with van der Waals surface area (Å²) in [5.41, 5.74) is 2.21. The largest absolute Gasteiger partial charge is 0.495 e. The normalized spacial score (nSPS) is 9.94. The first kappa shape index (κ1) is 11.4. The van der Waals surface area contributed by atoms with Gasteiger partial charge in [-0.3, -0.25) is 0 Å². The Bertz CT molecular complexity index is 539. The molecule has 0 bridgehead atoms. The summed E-state index contributed by atoms with van der Waals surface area (Å²) in [5, 5.41) is 12.4. The molecule has 1 heterocycles. The maximum Gasteiger partial charge on any atom is 0.357 e. The Balaban J connectivity index is 2.31. The van der Waals surface area contributed by atoms with Gasteiger partial charge in [0.15, 0.2) is 5.69 Å². The molecule has 0 aliphatic rings. The molecule has 0 radical (unpaired) electrons. The monoisotopic (exact) mass is 250 g/mol. The van der Waals surface area contributed by atoms with Gasteiger partial charge in [0, 0.05) is 0 Å². The van der Waals surface area contributed by atoms with Crippen LogP contribution < -0.4 is 10.1 Å². The van der Waals surface area contributed by atoms with E-state index in [1.807, 2.05) is 18.2 Å². The number of thiazole rings is 1. The summed E-state index contributed by atoms with van der Waals surface area (Å²) in [6.45, 7) is 0. The third kappa shape index (κ3) is 2.36. The molecule has 2 aromatic rings. The first-order valence-corrected chi connectivity index (χ1v) is 5.67. The van der Waals surface area contributed by atoms with E-state index in [-0.39, 0.29) is 5.69 Å². The van der Waals surface area contributed by atoms with E-state index < -0.39 is 5.97 Å². The summed E-state index contributed by atoms with van der Waals surface area (Å²) in [7, 11) is 1.56. The molecule has 0 saturated heterocycles. The zero-order valence-electron chi connectivity index (χ0n) is 9.01. The number of benzene rings is 1. The van der Waals surface area contributed by atoms with Crippen molar-refractivity contribution in [3.05, 3.63) is 35.5 Å². The predicted octanol–water partition coefficient (Wildman–Crippen LogP) is 2.59. The topological polar surface area (TPSA) is 71.5 Å². The molecule has 0 aliphatic carbocycles. The van der Waals surface area contributed by atoms with Crippen LogP contribution in [0, 0.1) is 0 Å². The van der Waals surface area contributed by atoms with Gasteiger partial charge in [-0.05, 0) is 12.1 Å². The number of carboxylic acid groups (broad SMARTS) is 1. The maximum atomic E-state index is 10.9. The van der Waals surface area contributed by atoms with Crippen molar-refractivity contribution < 1.29 is 14.6 Å². The van der Waals surface area contributed by atoms with Gasteiger partial charge >= 0.3 is 5.97 Å². The van der Waals surface area contributed by atoms with Crippen LogP contribution in [0.2, 0.25) is 0 Å². The fourth-order valence-corrected chi connectivity index (χ4v) is 2.04. The van der Waals surface area contributed by atoms with E-state index in [1.165, 1.54) is 16.8 Å². The number of para-hydroxylation sites is 2. The number of nitrogens with one attached hydrogen (secondary N) is 1. The van der Waals surface area contributed by atoms with Gasteiger partial charge < -0.3 is 15.2 Å². The molecule has 0 unspecified atom stereocenters. The lowest BCUT2D eigenvalue weighted by Gasteiger charge is -2.09. The third-order valence-corrected chi connectivity index (χ3v) is 2.87. The van der Waals surface area contributed by atoms with Crippen molar-refractivity contribution in [3.8, 4) is 5.75 Å². The molecule has 17 heavy (non-hydrogen) atoms. The number of carboxylic acids is 1. The minimum atomic E-state index is -1.05. The van der Waals surface area contributed by atoms with Crippen LogP contribution >= 0.6 is 11.3 Å². The highest BCUT2D eigenvalue weighted by Gasteiger charge is 2.14. The molecule has 2 N–H and O–H groups in total. The minimum Gasteiger partial charge on any atom is -0.495 e. The number of aromatic carboxylic acids is 1. The van der Waals surface area contributed by atoms with Crippen molar-refractivity contribution in [2.45, 2.75) is 0 Å². The van der Waals surface area contributed by atoms with Crippen LogP contribution in [0.4, 0.5) is 10.7 Å². The third-order valence-electron chi connectivity index (χ3n) is 2.13. The Morgan fingerprint density at radius 2 is 2.24 bits per heavy atom. The van der Waals surface area contributed by atoms with Crippen LogP contribution in [0.5, 0.6) is 5.75 Å². The van der Waals surface area contributed by atoms with Crippen molar-refractivity contribution in [1.29, 1.82) is 0 Å². The average molecular weight is 250 g/mol. The number of ether oxygens (including phenoxy) is 1. The van der Waals surface area contributed by atoms with Crippen LogP contribution in [0.1, 0.15) is 10.5 Å². The molecule has 0 aliphatic heterocycles. The van der Waals surface area contributed by atoms with Gasteiger partial charge in [0.2, 0.25) is 0 Å². The summed E-state index contributed by atoms with van der Waals surface area (Å²) in [5.74, 6) is -0.402. The zero-order chi connectivity index (χ0) is 12.3. The molecular formula is C11H10N2O3S. The predicted molar refractivity (Wildman–Crippen MR) is 65.4 cm³/mol. The Morgan fingerprint density at radius 3 is 2.94 bits per heavy atom. The highest BCUT2D eigenvalue weighted by atomic mass is 32.1. The summed E-state index contributed by atoms with van der Waals surface area (Å²) in [4.78, 5) is 14.7. The molecule has 2 rings (SSSR count). The molecule has 0 atom stereocenters. The van der Waals surface area contributed by atoms with E-state index in [0.29, 0.717) is 16.4 Å². The van der Waals surface area contributed by atoms with Crippen LogP contribution in [-0.2, 0) is 0 Å². The first-order chi connectivity index (χ1) is 8.22. The maximum absolute atomic E-state index is 10.9. The molecule has 6 heteroatoms. The van der Waals surface area contributed by atoms with Crippen LogP contribution in [0.3, 0.4) is 0 Å². The number of methoxy groups -OCH3 is 1. The van der Waals surface area contributed by atoms with Gasteiger partial charge in [-0.25, -0.2) is 9.78 Å². The molecule has 0 saturated carbocycles. The Morgan fingerprint density at radius 1 is 1.47 bits per heavy atom. The molecule has 1 aromatic carbocycles. The van der Waals surface area contributed by atoms with E-state index in [4.69, 9.17) is 9.84 Å². The van der Waals surface area contributed by atoms with Crippen LogP contribution in [-0.4, -0.2) is 23.2 Å². The average Bonchev–Trinajstić information content (AvgIpc) is 2.78. The van der Waals surface area contributed by atoms with Crippen molar-refractivity contribution in [2.24, 2.45) is 0 Å². The molecule has 5 nitrogen and oxygen atoms in total. The van der Waals surface area contributed by atoms with Crippen molar-refractivity contribution >= 4 is 28.0 Å². The van der Waals surface area contributed by atoms with Gasteiger partial charge in [0.25, 0.3) is 0 Å². The van der Waals surface area contributed by atoms with E-state index in [9.17, 15) is 4.79 Å². The number of carbonyl (C=O) groups is 1. The van der Waals surface area contributed by atoms with Gasteiger partial charge in [-0.2, -0.15) is 0 Å². The zero-order valence-corrected chi connectivity index (χ0v) is 9.82. The Labute approximate surface area is 102 Å². The summed E-state index contributed by atoms with van der Waals surface area (Å²) >= 11 is 1.23. The van der Waals surface area contributed by atoms with E-state index in [2.05, 4.69) is 10.3 Å². The van der Waals surface area contributed by atoms with Crippen molar-refractivity contribution in [1.82, 2.24) is 4.98 Å². The fourth-order valence-electron chi connectivity index (χ4n) is 1.36. The number of nitrogens with zero attached hydrogens (tertiary/aromatic N) is 1. The first-order valence-electron chi connectivity index (χ1n) is 4.79. The van der Waals surface area contributed by atoms with E-state index >= 15 is 0 Å². The van der Waals surface area contributed by atoms with Crippen molar-refractivity contribution in [3.63, 3.8) is 0 Å². The number of anilines is 2. The van der Waals surface area contributed by atoms with Gasteiger partial charge in [0.1, 0.15) is 10.8 Å². The standard InChI is InChI=1S/C11H10N2O3S/c1-16-8-5-3-2-4-7(8)13-10-9(11(14)15)12-6-17-10/h2-6,13H,1H3,(H,14,15). The highest BCUT2D eigenvalue weighted by Crippen LogP contribution is 2.30. The molecule has 0 fully saturated rings. The second-order valence-electron chi connectivity index (χ2n) is 3.16. The smallest absolute Gasteiger partial charge is 0.357 e. The number of hydrogen-bond donors (Lipinski definition) is 2. The highest BCUT2D eigenvalue weighted by molar-refractivity contribution is 7.14. The minimum absolute atomic E-state index is 0.0147. The second-order valence-corrected chi connectivity index (χ2v) is 4.02. The van der Waals surface area contributed by atoms with Crippen molar-refractivity contribution in [2.75, 3.05) is 12.4 Å². The molecule has 88 valence electrons. The summed E-state index contributed by atoms with van der Waals surface area (Å²) in [6, 6.07) is 7.29. The summed E-state index contributed by atoms with van der Waals surface area (Å²) < 4.78 is 5.17. The SMILES string of the molecule is COc1ccccc1Nc1scnc1C(=O)O. The quantitative estimate of drug-likeness (QED) is 0.872. The van der Waals surface area contributed by atoms with Gasteiger partial charge in [-0.1, -0.05) is 12.1 Å². The second kappa shape index (κ2) is 4.84. The van der Waals surface area contributed by atoms with E-state index in [0.717, 1.165) is 0 Å². The van der Waals surface area contributed by atoms with Gasteiger partial charge in [0.05, 0.1) is 18.3 Å². The fraction of sp³-hybridized carbons (Fsp3) is 0.0909. The Kier molecular flexibility index (Phi) is 3.24. The van der Waals surface area contributed by atoms with Crippen LogP contribution in [0.15, 0.2) is 29.8 Å². The lowest BCUT2D eigenvalue weighted by Crippen LogP contribution is -2.01. The lowest BCUT2D eigenvalue weighted by molar-refractivity contribution is 0.0692. The van der Waals surface area contributed by atoms with E-state index in [1.54, 1.807) is 13.2 Å².